The Morgan fingerprint density at radius 2 is 1.59 bits per heavy atom. The number of ether oxygens (including phenoxy) is 1. The van der Waals surface area contributed by atoms with Gasteiger partial charge in [0.05, 0.1) is 13.5 Å². The largest absolute Gasteiger partial charge is 0.504 e. The molecule has 1 heterocycles. The Bertz CT molecular complexity index is 1950. The summed E-state index contributed by atoms with van der Waals surface area (Å²) in [6.45, 7) is 2.53. The van der Waals surface area contributed by atoms with Gasteiger partial charge in [0.15, 0.2) is 17.3 Å². The van der Waals surface area contributed by atoms with Crippen LogP contribution in [0.3, 0.4) is 0 Å². The smallest absolute Gasteiger partial charge is 0.163 e. The zero-order valence-electron chi connectivity index (χ0n) is 35.0. The zero-order valence-corrected chi connectivity index (χ0v) is 35.0. The minimum Gasteiger partial charge on any atom is -0.504 e. The van der Waals surface area contributed by atoms with E-state index in [1.165, 1.54) is 55.6 Å². The number of aromatic nitrogens is 1. The number of nitrogens with two attached hydrogens (primary N) is 1. The fraction of sp³-hybridized carbons (Fsp3) is 0.460. The minimum atomic E-state index is -0.258. The Hall–Kier alpha value is -4.79. The quantitative estimate of drug-likeness (QED) is 0.0408. The van der Waals surface area contributed by atoms with Crippen LogP contribution in [0.1, 0.15) is 116 Å². The summed E-state index contributed by atoms with van der Waals surface area (Å²) in [5.74, 6) is 1.40. The maximum Gasteiger partial charge on any atom is 0.163 e. The first-order valence-corrected chi connectivity index (χ1v) is 21.4. The van der Waals surface area contributed by atoms with E-state index < -0.39 is 0 Å². The number of Topliss-reactive ketones (excluding diaryl/α,β-unsaturated/α-hetero) is 1. The van der Waals surface area contributed by atoms with Gasteiger partial charge in [-0.3, -0.25) is 9.59 Å². The Balaban J connectivity index is 1.19. The highest BCUT2D eigenvalue weighted by atomic mass is 16.5. The number of methoxy groups -OCH3 is 1. The van der Waals surface area contributed by atoms with Gasteiger partial charge in [-0.15, -0.1) is 0 Å². The second-order valence-electron chi connectivity index (χ2n) is 16.5. The predicted octanol–water partition coefficient (Wildman–Crippen LogP) is 9.20. The van der Waals surface area contributed by atoms with Crippen LogP contribution in [0, 0.1) is 11.8 Å². The van der Waals surface area contributed by atoms with Crippen LogP contribution in [-0.2, 0) is 41.7 Å². The number of hydrogen-bond acceptors (Lipinski definition) is 8. The number of phenolic OH excluding ortho intramolecular Hbond substituents is 1. The number of anilines is 1. The number of hydrogen-bond donors (Lipinski definition) is 4. The second-order valence-corrected chi connectivity index (χ2v) is 16.5. The molecule has 58 heavy (non-hydrogen) atoms. The standard InChI is InChI=1S/C50H65N3O5/c1-36(50(52-2)25-7-8-26-50)28-38(17-11-27-54)16-10-18-45(55)34-46(56)24-23-41-32-48(58-3)47(57)31-43(41)30-44-35-53-49(51)33-42(44)22-21-40-15-9-14-39(29-40)20-19-37-12-5-4-6-13-37/h4-6,9,12-15,23-24,29,31-33,35-36,38,52,54,57H,7-8,10-11,16-22,25-28,30,34H2,1-3H3,(H2,51,53)/t36-,38+/m1/s1. The molecule has 310 valence electrons. The van der Waals surface area contributed by atoms with E-state index in [9.17, 15) is 19.8 Å². The van der Waals surface area contributed by atoms with E-state index in [0.717, 1.165) is 74.5 Å². The Morgan fingerprint density at radius 1 is 0.897 bits per heavy atom. The lowest BCUT2D eigenvalue weighted by Gasteiger charge is -2.37. The van der Waals surface area contributed by atoms with Gasteiger partial charge in [0.2, 0.25) is 0 Å². The molecule has 1 aliphatic carbocycles. The minimum absolute atomic E-state index is 0.00415. The van der Waals surface area contributed by atoms with Crippen molar-refractivity contribution < 1.29 is 24.5 Å². The maximum atomic E-state index is 13.1. The number of nitrogens with one attached hydrogen (secondary N) is 1. The first kappa shape index (κ1) is 44.3. The maximum absolute atomic E-state index is 13.1. The summed E-state index contributed by atoms with van der Waals surface area (Å²) in [6.07, 6.45) is 18.6. The number of carbonyl (C=O) groups excluding carboxylic acids is 2. The van der Waals surface area contributed by atoms with Gasteiger partial charge in [0.25, 0.3) is 0 Å². The molecule has 1 saturated carbocycles. The number of rotatable bonds is 24. The molecule has 2 atom stereocenters. The van der Waals surface area contributed by atoms with Crippen molar-refractivity contribution in [1.82, 2.24) is 10.3 Å². The summed E-state index contributed by atoms with van der Waals surface area (Å²) in [5.41, 5.74) is 13.8. The van der Waals surface area contributed by atoms with Crippen molar-refractivity contribution >= 4 is 23.5 Å². The number of carbonyl (C=O) groups is 2. The SMILES string of the molecule is CNC1([C@H](C)C[C@H](CCCO)CCCC(=O)CC(=O)C=Cc2cc(OC)c(O)cc2Cc2cnc(N)cc2CCc2cccc(CCc3ccccc3)c2)CCCC1. The first-order chi connectivity index (χ1) is 28.1. The highest BCUT2D eigenvalue weighted by molar-refractivity contribution is 6.06. The van der Waals surface area contributed by atoms with Crippen LogP contribution in [0.25, 0.3) is 6.08 Å². The molecule has 0 spiro atoms. The monoisotopic (exact) mass is 787 g/mol. The van der Waals surface area contributed by atoms with Crippen LogP contribution in [0.15, 0.2) is 85.1 Å². The number of pyridine rings is 1. The van der Waals surface area contributed by atoms with Gasteiger partial charge in [0, 0.05) is 24.8 Å². The average Bonchev–Trinajstić information content (AvgIpc) is 3.73. The summed E-state index contributed by atoms with van der Waals surface area (Å²) in [4.78, 5) is 30.5. The van der Waals surface area contributed by atoms with Crippen molar-refractivity contribution in [1.29, 1.82) is 0 Å². The lowest BCUT2D eigenvalue weighted by molar-refractivity contribution is -0.124. The van der Waals surface area contributed by atoms with Gasteiger partial charge >= 0.3 is 0 Å². The van der Waals surface area contributed by atoms with E-state index in [-0.39, 0.29) is 35.9 Å². The van der Waals surface area contributed by atoms with Crippen LogP contribution in [0.5, 0.6) is 11.5 Å². The Morgan fingerprint density at radius 3 is 2.29 bits per heavy atom. The molecular weight excluding hydrogens is 723 g/mol. The molecule has 8 heteroatoms. The lowest BCUT2D eigenvalue weighted by Crippen LogP contribution is -2.46. The molecule has 3 aromatic carbocycles. The number of phenols is 1. The number of allylic oxidation sites excluding steroid dienone is 1. The first-order valence-electron chi connectivity index (χ1n) is 21.4. The number of aryl methyl sites for hydroxylation is 4. The topological polar surface area (TPSA) is 135 Å². The van der Waals surface area contributed by atoms with E-state index in [2.05, 4.69) is 72.8 Å². The van der Waals surface area contributed by atoms with E-state index in [1.807, 2.05) is 12.1 Å². The highest BCUT2D eigenvalue weighted by Gasteiger charge is 2.38. The average molecular weight is 788 g/mol. The van der Waals surface area contributed by atoms with E-state index in [1.54, 1.807) is 24.4 Å². The molecular formula is C50H65N3O5. The molecule has 0 saturated heterocycles. The fourth-order valence-corrected chi connectivity index (χ4v) is 8.99. The van der Waals surface area contributed by atoms with Gasteiger partial charge in [0.1, 0.15) is 11.6 Å². The van der Waals surface area contributed by atoms with Crippen molar-refractivity contribution in [3.63, 3.8) is 0 Å². The van der Waals surface area contributed by atoms with E-state index in [4.69, 9.17) is 10.5 Å². The Kier molecular flexibility index (Phi) is 17.1. The molecule has 0 radical (unpaired) electrons. The molecule has 1 aromatic heterocycles. The Labute approximate surface area is 346 Å². The van der Waals surface area contributed by atoms with Crippen LogP contribution in [-0.4, -0.2) is 53.1 Å². The molecule has 0 amide bonds. The van der Waals surface area contributed by atoms with Crippen LogP contribution in [0.4, 0.5) is 5.82 Å². The van der Waals surface area contributed by atoms with Crippen molar-refractivity contribution in [3.05, 3.63) is 124 Å². The summed E-state index contributed by atoms with van der Waals surface area (Å²) >= 11 is 0. The van der Waals surface area contributed by atoms with Crippen LogP contribution >= 0.6 is 0 Å². The van der Waals surface area contributed by atoms with E-state index in [0.29, 0.717) is 41.8 Å². The number of benzene rings is 3. The fourth-order valence-electron chi connectivity index (χ4n) is 8.99. The number of nitrogens with zero attached hydrogens (tertiary/aromatic N) is 1. The molecule has 0 aliphatic heterocycles. The summed E-state index contributed by atoms with van der Waals surface area (Å²) in [7, 11) is 3.57. The number of ketones is 2. The molecule has 5 N–H and O–H groups in total. The predicted molar refractivity (Wildman–Crippen MR) is 235 cm³/mol. The molecule has 1 aliphatic rings. The van der Waals surface area contributed by atoms with Crippen LogP contribution in [0.2, 0.25) is 0 Å². The third-order valence-electron chi connectivity index (χ3n) is 12.4. The third-order valence-corrected chi connectivity index (χ3v) is 12.4. The van der Waals surface area contributed by atoms with Gasteiger partial charge in [-0.05, 0) is 153 Å². The van der Waals surface area contributed by atoms with Crippen molar-refractivity contribution in [2.75, 3.05) is 26.5 Å². The highest BCUT2D eigenvalue weighted by Crippen LogP contribution is 2.40. The van der Waals surface area contributed by atoms with Gasteiger partial charge in [-0.25, -0.2) is 4.98 Å². The number of aliphatic hydroxyl groups excluding tert-OH is 1. The third kappa shape index (κ3) is 13.1. The van der Waals surface area contributed by atoms with Gasteiger partial charge in [-0.2, -0.15) is 0 Å². The molecule has 0 bridgehead atoms. The van der Waals surface area contributed by atoms with Crippen molar-refractivity contribution in [3.8, 4) is 11.5 Å². The summed E-state index contributed by atoms with van der Waals surface area (Å²) in [5, 5.41) is 23.9. The summed E-state index contributed by atoms with van der Waals surface area (Å²) < 4.78 is 5.42. The van der Waals surface area contributed by atoms with Crippen molar-refractivity contribution in [2.24, 2.45) is 11.8 Å². The zero-order chi connectivity index (χ0) is 41.3. The number of nitrogen functional groups attached to an aromatic ring is 1. The summed E-state index contributed by atoms with van der Waals surface area (Å²) in [6, 6.07) is 24.6. The molecule has 4 aromatic rings. The number of aromatic hydroxyl groups is 1. The lowest BCUT2D eigenvalue weighted by atomic mass is 9.76. The van der Waals surface area contributed by atoms with Gasteiger partial charge in [-0.1, -0.05) is 86.9 Å². The van der Waals surface area contributed by atoms with Gasteiger partial charge < -0.3 is 26.0 Å². The number of aliphatic hydroxyl groups is 1. The molecule has 5 rings (SSSR count). The van der Waals surface area contributed by atoms with Crippen LogP contribution < -0.4 is 15.8 Å². The van der Waals surface area contributed by atoms with E-state index >= 15 is 0 Å². The second kappa shape index (κ2) is 22.4. The molecule has 0 unspecified atom stereocenters. The molecule has 8 nitrogen and oxygen atoms in total. The van der Waals surface area contributed by atoms with Crippen molar-refractivity contribution in [2.45, 2.75) is 115 Å². The normalized spacial score (nSPS) is 14.8. The molecule has 1 fully saturated rings.